The van der Waals surface area contributed by atoms with Crippen LogP contribution < -0.4 is 0 Å². The number of benzene rings is 2. The first-order chi connectivity index (χ1) is 23.2. The zero-order valence-electron chi connectivity index (χ0n) is 34.8. The molecule has 1 aliphatic rings. The third-order valence-electron chi connectivity index (χ3n) is 8.04. The molecule has 2 atom stereocenters. The fourth-order valence-corrected chi connectivity index (χ4v) is 5.60. The van der Waals surface area contributed by atoms with Gasteiger partial charge in [-0.05, 0) is 87.8 Å². The highest BCUT2D eigenvalue weighted by atomic mass is 16.7. The van der Waals surface area contributed by atoms with Crippen LogP contribution in [0.25, 0.3) is 0 Å². The van der Waals surface area contributed by atoms with E-state index in [1.54, 1.807) is 25.3 Å². The minimum Gasteiger partial charge on any atom is -0.356 e. The van der Waals surface area contributed by atoms with E-state index in [0.29, 0.717) is 11.8 Å². The maximum atomic E-state index is 5.24. The minimum absolute atomic E-state index is 0.00935. The van der Waals surface area contributed by atoms with Crippen molar-refractivity contribution in [3.8, 4) is 0 Å². The fraction of sp³-hybridized carbons (Fsp3) is 0.609. The standard InChI is InChI=1S/C20H24.C10H22O2.C7H12.C3H8.2C2H6.C2H4/c1-14-4-8-17(9-5-14)13-20-16(3)7-10-18-12-15(2)6-11-19(18)20;1-5-7-9(8-6-2)10(11-3)12-4;1-4-7(5-2)6-3;1-3-2;3*1-2/h4-6,8-9,11-12,16,20H,7,10,13H2,1-3H3;9-10H,5-8H2,1-4H3;4-5H,1,6H2,2-3H3;3H2,1-2H3;2*1-2H3;1-2H2/b;;7-5+;;;;. The summed E-state index contributed by atoms with van der Waals surface area (Å²) < 4.78 is 10.5. The minimum atomic E-state index is -0.00935. The Labute approximate surface area is 302 Å². The quantitative estimate of drug-likeness (QED) is 0.135. The second-order valence-electron chi connectivity index (χ2n) is 11.8. The molecule has 0 saturated heterocycles. The highest BCUT2D eigenvalue weighted by Gasteiger charge is 2.26. The van der Waals surface area contributed by atoms with Crippen molar-refractivity contribution in [2.45, 2.75) is 160 Å². The highest BCUT2D eigenvalue weighted by molar-refractivity contribution is 5.38. The summed E-state index contributed by atoms with van der Waals surface area (Å²) in [4.78, 5) is 0. The SMILES string of the molecule is C=C.C=C/C(=C\C)CC.CC.CC.CCC.CCCC(CCC)C(OC)OC.Cc1ccc(CC2c3ccc(C)cc3CCC2C)cc1. The van der Waals surface area contributed by atoms with Crippen molar-refractivity contribution < 1.29 is 9.47 Å². The monoisotopic (exact) mass is 667 g/mol. The Morgan fingerprint density at radius 2 is 1.31 bits per heavy atom. The molecule has 3 rings (SSSR count). The van der Waals surface area contributed by atoms with Gasteiger partial charge in [-0.25, -0.2) is 0 Å². The summed E-state index contributed by atoms with van der Waals surface area (Å²) in [5, 5.41) is 0. The van der Waals surface area contributed by atoms with E-state index in [1.165, 1.54) is 73.6 Å². The molecule has 0 saturated carbocycles. The van der Waals surface area contributed by atoms with Gasteiger partial charge in [-0.1, -0.05) is 166 Å². The van der Waals surface area contributed by atoms with Gasteiger partial charge in [-0.2, -0.15) is 0 Å². The van der Waals surface area contributed by atoms with Crippen LogP contribution in [0.2, 0.25) is 0 Å². The highest BCUT2D eigenvalue weighted by Crippen LogP contribution is 2.38. The Morgan fingerprint density at radius 3 is 1.69 bits per heavy atom. The third kappa shape index (κ3) is 23.8. The molecule has 0 aromatic heterocycles. The molecular weight excluding hydrogens is 585 g/mol. The smallest absolute Gasteiger partial charge is 0.159 e. The molecule has 2 aromatic carbocycles. The number of aryl methyl sites for hydroxylation is 3. The molecule has 0 radical (unpaired) electrons. The van der Waals surface area contributed by atoms with E-state index in [1.807, 2.05) is 40.7 Å². The van der Waals surface area contributed by atoms with Gasteiger partial charge in [0.1, 0.15) is 0 Å². The maximum absolute atomic E-state index is 5.24. The zero-order chi connectivity index (χ0) is 37.9. The lowest BCUT2D eigenvalue weighted by molar-refractivity contribution is -0.140. The summed E-state index contributed by atoms with van der Waals surface area (Å²) in [6, 6.07) is 16.1. The van der Waals surface area contributed by atoms with Crippen molar-refractivity contribution in [1.29, 1.82) is 0 Å². The van der Waals surface area contributed by atoms with Gasteiger partial charge in [0.05, 0.1) is 0 Å². The number of allylic oxidation sites excluding steroid dienone is 3. The Kier molecular flexibility index (Phi) is 40.8. The van der Waals surface area contributed by atoms with Crippen molar-refractivity contribution in [1.82, 2.24) is 0 Å². The van der Waals surface area contributed by atoms with E-state index in [2.05, 4.69) is 124 Å². The summed E-state index contributed by atoms with van der Waals surface area (Å²) in [5.41, 5.74) is 8.71. The zero-order valence-corrected chi connectivity index (χ0v) is 34.8. The number of ether oxygens (including phenoxy) is 2. The summed E-state index contributed by atoms with van der Waals surface area (Å²) in [6.07, 6.45) is 14.9. The van der Waals surface area contributed by atoms with Gasteiger partial charge in [0.15, 0.2) is 6.29 Å². The summed E-state index contributed by atoms with van der Waals surface area (Å²) in [5.74, 6) is 2.03. The molecule has 278 valence electrons. The first-order valence-electron chi connectivity index (χ1n) is 19.2. The van der Waals surface area contributed by atoms with Crippen molar-refractivity contribution in [2.75, 3.05) is 14.2 Å². The Morgan fingerprint density at radius 1 is 0.833 bits per heavy atom. The number of hydrogen-bond donors (Lipinski definition) is 0. The van der Waals surface area contributed by atoms with Crippen LogP contribution >= 0.6 is 0 Å². The molecule has 1 aliphatic carbocycles. The van der Waals surface area contributed by atoms with Gasteiger partial charge in [-0.15, -0.1) is 13.2 Å². The third-order valence-corrected chi connectivity index (χ3v) is 8.04. The van der Waals surface area contributed by atoms with Gasteiger partial charge in [0.2, 0.25) is 0 Å². The fourth-order valence-electron chi connectivity index (χ4n) is 5.60. The normalized spacial score (nSPS) is 14.2. The van der Waals surface area contributed by atoms with Gasteiger partial charge in [0, 0.05) is 20.1 Å². The van der Waals surface area contributed by atoms with Gasteiger partial charge >= 0.3 is 0 Å². The predicted molar refractivity (Wildman–Crippen MR) is 222 cm³/mol. The van der Waals surface area contributed by atoms with E-state index in [-0.39, 0.29) is 6.29 Å². The van der Waals surface area contributed by atoms with Crippen LogP contribution in [0.15, 0.2) is 79.9 Å². The molecule has 0 amide bonds. The second kappa shape index (κ2) is 37.4. The van der Waals surface area contributed by atoms with Crippen LogP contribution in [0.3, 0.4) is 0 Å². The molecule has 2 aromatic rings. The lowest BCUT2D eigenvalue weighted by Crippen LogP contribution is -2.24. The molecule has 0 bridgehead atoms. The van der Waals surface area contributed by atoms with Gasteiger partial charge in [-0.3, -0.25) is 0 Å². The van der Waals surface area contributed by atoms with Crippen molar-refractivity contribution in [3.05, 3.63) is 108 Å². The molecule has 0 heterocycles. The number of fused-ring (bicyclic) bond motifs is 1. The average molecular weight is 667 g/mol. The molecule has 0 fully saturated rings. The molecule has 0 spiro atoms. The largest absolute Gasteiger partial charge is 0.356 e. The Balaban J connectivity index is -0.000000296. The average Bonchev–Trinajstić information content (AvgIpc) is 3.12. The first kappa shape index (κ1) is 52.4. The van der Waals surface area contributed by atoms with Crippen molar-refractivity contribution in [3.63, 3.8) is 0 Å². The van der Waals surface area contributed by atoms with Crippen LogP contribution in [0.5, 0.6) is 0 Å². The molecule has 2 heteroatoms. The molecule has 2 nitrogen and oxygen atoms in total. The van der Waals surface area contributed by atoms with Crippen LogP contribution in [-0.4, -0.2) is 20.5 Å². The summed E-state index contributed by atoms with van der Waals surface area (Å²) in [7, 11) is 3.43. The van der Waals surface area contributed by atoms with Crippen molar-refractivity contribution >= 4 is 0 Å². The van der Waals surface area contributed by atoms with Gasteiger partial charge in [0.25, 0.3) is 0 Å². The molecular formula is C46H82O2. The molecule has 2 unspecified atom stereocenters. The van der Waals surface area contributed by atoms with Crippen LogP contribution in [-0.2, 0) is 22.3 Å². The number of methoxy groups -OCH3 is 2. The topological polar surface area (TPSA) is 18.5 Å². The van der Waals surface area contributed by atoms with E-state index >= 15 is 0 Å². The van der Waals surface area contributed by atoms with Crippen LogP contribution in [0.4, 0.5) is 0 Å². The molecule has 0 N–H and O–H groups in total. The second-order valence-corrected chi connectivity index (χ2v) is 11.8. The summed E-state index contributed by atoms with van der Waals surface area (Å²) in [6.45, 7) is 37.2. The lowest BCUT2D eigenvalue weighted by atomic mass is 9.73. The molecule has 0 aliphatic heterocycles. The number of rotatable bonds is 11. The Bertz CT molecular complexity index is 978. The lowest BCUT2D eigenvalue weighted by Gasteiger charge is -2.32. The number of hydrogen-bond acceptors (Lipinski definition) is 2. The maximum Gasteiger partial charge on any atom is 0.159 e. The Hall–Kier alpha value is -2.42. The van der Waals surface area contributed by atoms with Crippen LogP contribution in [0, 0.1) is 25.7 Å². The van der Waals surface area contributed by atoms with E-state index in [4.69, 9.17) is 9.47 Å². The van der Waals surface area contributed by atoms with E-state index < -0.39 is 0 Å². The van der Waals surface area contributed by atoms with E-state index in [0.717, 1.165) is 12.3 Å². The first-order valence-corrected chi connectivity index (χ1v) is 19.2. The van der Waals surface area contributed by atoms with Gasteiger partial charge < -0.3 is 9.47 Å². The van der Waals surface area contributed by atoms with E-state index in [9.17, 15) is 0 Å². The summed E-state index contributed by atoms with van der Waals surface area (Å²) >= 11 is 0. The van der Waals surface area contributed by atoms with Crippen molar-refractivity contribution in [2.24, 2.45) is 11.8 Å². The van der Waals surface area contributed by atoms with Crippen LogP contribution in [0.1, 0.15) is 155 Å². The predicted octanol–water partition coefficient (Wildman–Crippen LogP) is 14.8. The molecule has 48 heavy (non-hydrogen) atoms.